The van der Waals surface area contributed by atoms with Crippen molar-refractivity contribution in [2.45, 2.75) is 20.3 Å². The van der Waals surface area contributed by atoms with Gasteiger partial charge in [-0.25, -0.2) is 4.79 Å². The summed E-state index contributed by atoms with van der Waals surface area (Å²) < 4.78 is 10.0. The van der Waals surface area contributed by atoms with Gasteiger partial charge in [0.05, 0.1) is 24.2 Å². The first-order valence-corrected chi connectivity index (χ1v) is 7.65. The lowest BCUT2D eigenvalue weighted by Gasteiger charge is -2.07. The Hall–Kier alpha value is -1.27. The third kappa shape index (κ3) is 3.86. The second-order valence-corrected chi connectivity index (χ2v) is 5.38. The van der Waals surface area contributed by atoms with Crippen LogP contribution in [0.15, 0.2) is 0 Å². The Kier molecular flexibility index (Phi) is 6.81. The number of alkyl halides is 1. The van der Waals surface area contributed by atoms with Gasteiger partial charge in [0, 0.05) is 12.4 Å². The molecule has 0 bridgehead atoms. The van der Waals surface area contributed by atoms with E-state index in [1.54, 1.807) is 13.8 Å². The van der Waals surface area contributed by atoms with Gasteiger partial charge >= 0.3 is 5.97 Å². The van der Waals surface area contributed by atoms with Gasteiger partial charge in [-0.1, -0.05) is 0 Å². The van der Waals surface area contributed by atoms with E-state index in [4.69, 9.17) is 26.5 Å². The summed E-state index contributed by atoms with van der Waals surface area (Å²) in [7, 11) is 1.44. The van der Waals surface area contributed by atoms with E-state index < -0.39 is 0 Å². The Balaban J connectivity index is 3.11. The first-order valence-electron chi connectivity index (χ1n) is 6.30. The molecule has 0 unspecified atom stereocenters. The zero-order chi connectivity index (χ0) is 15.1. The number of hydrogen-bond donors (Lipinski definition) is 2. The zero-order valence-electron chi connectivity index (χ0n) is 11.8. The summed E-state index contributed by atoms with van der Waals surface area (Å²) in [5.74, 6) is 0.209. The van der Waals surface area contributed by atoms with Crippen LogP contribution < -0.4 is 5.32 Å². The molecule has 0 atom stereocenters. The molecule has 0 saturated heterocycles. The fraction of sp³-hybridized carbons (Fsp3) is 0.538. The molecule has 0 amide bonds. The van der Waals surface area contributed by atoms with Gasteiger partial charge in [-0.2, -0.15) is 0 Å². The predicted molar refractivity (Wildman–Crippen MR) is 82.7 cm³/mol. The van der Waals surface area contributed by atoms with E-state index in [9.17, 15) is 4.79 Å². The second-order valence-electron chi connectivity index (χ2n) is 3.98. The van der Waals surface area contributed by atoms with Gasteiger partial charge < -0.3 is 14.8 Å². The molecule has 0 radical (unpaired) electrons. The highest BCUT2D eigenvalue weighted by atomic mass is 35.5. The summed E-state index contributed by atoms with van der Waals surface area (Å²) in [6.07, 6.45) is 0.790. The number of anilines is 1. The van der Waals surface area contributed by atoms with Crippen molar-refractivity contribution in [2.75, 3.05) is 31.5 Å². The Bertz CT molecular complexity index is 488. The van der Waals surface area contributed by atoms with Crippen LogP contribution in [0.4, 0.5) is 5.00 Å². The van der Waals surface area contributed by atoms with Crippen molar-refractivity contribution in [3.8, 4) is 0 Å². The van der Waals surface area contributed by atoms with E-state index in [1.807, 2.05) is 0 Å². The van der Waals surface area contributed by atoms with Crippen molar-refractivity contribution < 1.29 is 14.3 Å². The zero-order valence-corrected chi connectivity index (χ0v) is 13.4. The van der Waals surface area contributed by atoms with E-state index in [1.165, 1.54) is 18.4 Å². The van der Waals surface area contributed by atoms with Gasteiger partial charge in [-0.05, 0) is 25.8 Å². The first kappa shape index (κ1) is 16.8. The van der Waals surface area contributed by atoms with Crippen molar-refractivity contribution >= 4 is 39.8 Å². The van der Waals surface area contributed by atoms with Gasteiger partial charge in [0.25, 0.3) is 0 Å². The monoisotopic (exact) mass is 318 g/mol. The smallest absolute Gasteiger partial charge is 0.341 e. The Morgan fingerprint density at radius 1 is 1.50 bits per heavy atom. The molecule has 0 aromatic carbocycles. The van der Waals surface area contributed by atoms with Crippen LogP contribution in [0.1, 0.15) is 34.1 Å². The molecule has 1 heterocycles. The molecule has 0 spiro atoms. The number of carbonyl (C=O) groups excluding carboxylic acids is 1. The quantitative estimate of drug-likeness (QED) is 0.266. The van der Waals surface area contributed by atoms with Crippen LogP contribution in [0, 0.1) is 12.3 Å². The normalized spacial score (nSPS) is 10.2. The van der Waals surface area contributed by atoms with Crippen molar-refractivity contribution in [2.24, 2.45) is 0 Å². The van der Waals surface area contributed by atoms with Crippen LogP contribution in [0.25, 0.3) is 0 Å². The highest BCUT2D eigenvalue weighted by molar-refractivity contribution is 7.18. The molecule has 1 aromatic heterocycles. The van der Waals surface area contributed by atoms with Crippen molar-refractivity contribution in [3.63, 3.8) is 0 Å². The summed E-state index contributed by atoms with van der Waals surface area (Å²) >= 11 is 6.97. The van der Waals surface area contributed by atoms with E-state index in [-0.39, 0.29) is 11.9 Å². The summed E-state index contributed by atoms with van der Waals surface area (Å²) in [4.78, 5) is 12.7. The van der Waals surface area contributed by atoms with Crippen LogP contribution in [0.3, 0.4) is 0 Å². The van der Waals surface area contributed by atoms with Crippen LogP contribution in [-0.4, -0.2) is 38.0 Å². The lowest BCUT2D eigenvalue weighted by Crippen LogP contribution is -2.10. The van der Waals surface area contributed by atoms with E-state index >= 15 is 0 Å². The number of thiophene rings is 1. The molecule has 5 nitrogen and oxygen atoms in total. The molecule has 0 fully saturated rings. The van der Waals surface area contributed by atoms with Crippen molar-refractivity contribution in [1.82, 2.24) is 0 Å². The first-order chi connectivity index (χ1) is 9.56. The highest BCUT2D eigenvalue weighted by Gasteiger charge is 2.24. The minimum Gasteiger partial charge on any atom is -0.480 e. The summed E-state index contributed by atoms with van der Waals surface area (Å²) in [6.45, 7) is 4.53. The number of hydrogen-bond acceptors (Lipinski definition) is 6. The fourth-order valence-electron chi connectivity index (χ4n) is 1.67. The van der Waals surface area contributed by atoms with E-state index in [2.05, 4.69) is 5.32 Å². The maximum absolute atomic E-state index is 12.1. The summed E-state index contributed by atoms with van der Waals surface area (Å²) in [5, 5.41) is 11.6. The van der Waals surface area contributed by atoms with Crippen LogP contribution in [0.5, 0.6) is 0 Å². The molecule has 0 aliphatic heterocycles. The van der Waals surface area contributed by atoms with Crippen LogP contribution in [0.2, 0.25) is 0 Å². The van der Waals surface area contributed by atoms with Crippen molar-refractivity contribution in [1.29, 1.82) is 5.41 Å². The van der Waals surface area contributed by atoms with Gasteiger partial charge in [0.2, 0.25) is 5.90 Å². The summed E-state index contributed by atoms with van der Waals surface area (Å²) in [5.41, 5.74) is 1.18. The molecular formula is C13H19ClN2O3S. The number of ether oxygens (including phenoxy) is 2. The van der Waals surface area contributed by atoms with Crippen molar-refractivity contribution in [3.05, 3.63) is 16.0 Å². The molecule has 2 N–H and O–H groups in total. The number of methoxy groups -OCH3 is 1. The van der Waals surface area contributed by atoms with E-state index in [0.29, 0.717) is 40.0 Å². The average molecular weight is 319 g/mol. The lowest BCUT2D eigenvalue weighted by atomic mass is 10.1. The number of rotatable bonds is 7. The third-order valence-electron chi connectivity index (χ3n) is 2.63. The number of carbonyl (C=O) groups is 1. The third-order valence-corrected chi connectivity index (χ3v) is 4.15. The number of halogens is 1. The standard InChI is InChI=1S/C13H19ClN2O3S/c1-4-19-13(17)9-8(2)10(11(15)18-3)20-12(9)16-7-5-6-14/h15-16H,4-7H2,1-3H3. The van der Waals surface area contributed by atoms with Gasteiger partial charge in [0.15, 0.2) is 0 Å². The Labute approximate surface area is 127 Å². The Morgan fingerprint density at radius 2 is 2.20 bits per heavy atom. The Morgan fingerprint density at radius 3 is 2.75 bits per heavy atom. The highest BCUT2D eigenvalue weighted by Crippen LogP contribution is 2.34. The lowest BCUT2D eigenvalue weighted by molar-refractivity contribution is 0.0527. The van der Waals surface area contributed by atoms with E-state index in [0.717, 1.165) is 6.42 Å². The maximum Gasteiger partial charge on any atom is 0.341 e. The maximum atomic E-state index is 12.1. The molecule has 1 rings (SSSR count). The minimum absolute atomic E-state index is 0.0449. The molecule has 0 aliphatic rings. The molecule has 7 heteroatoms. The van der Waals surface area contributed by atoms with Crippen LogP contribution in [-0.2, 0) is 9.47 Å². The predicted octanol–water partition coefficient (Wildman–Crippen LogP) is 3.25. The number of esters is 1. The topological polar surface area (TPSA) is 71.4 Å². The minimum atomic E-state index is -0.384. The fourth-order valence-corrected chi connectivity index (χ4v) is 2.95. The largest absolute Gasteiger partial charge is 0.480 e. The SMILES string of the molecule is CCOC(=O)c1c(NCCCCl)sc(C(=N)OC)c1C. The average Bonchev–Trinajstić information content (AvgIpc) is 2.75. The molecule has 0 saturated carbocycles. The molecule has 112 valence electrons. The van der Waals surface area contributed by atoms with Gasteiger partial charge in [-0.15, -0.1) is 22.9 Å². The molecule has 20 heavy (non-hydrogen) atoms. The molecule has 1 aromatic rings. The molecular weight excluding hydrogens is 300 g/mol. The second kappa shape index (κ2) is 8.11. The van der Waals surface area contributed by atoms with Crippen LogP contribution >= 0.6 is 22.9 Å². The van der Waals surface area contributed by atoms with Gasteiger partial charge in [-0.3, -0.25) is 5.41 Å². The number of nitrogens with one attached hydrogen (secondary N) is 2. The molecule has 0 aliphatic carbocycles. The summed E-state index contributed by atoms with van der Waals surface area (Å²) in [6, 6.07) is 0. The van der Waals surface area contributed by atoms with Gasteiger partial charge in [0.1, 0.15) is 5.00 Å².